The molecule has 0 fully saturated rings. The standard InChI is InChI=1S/C26H29N3O7/c27-26(28)29-18-9-11-21-16(12-18)4-1-2-6-20-15(5-3-7-22(20)36-25(21)35)8-10-19(30)13-17(24(33)34)14-23(31)32/h3,5,7,9,11-12,17H,1-2,4,6,8,10,13-14H2,(H,31,32)(H,33,34)(H4,27,28,29)/t17-/m0/s1. The quantitative estimate of drug-likeness (QED) is 0.176. The number of carbonyl (C=O) groups is 4. The third kappa shape index (κ3) is 7.14. The number of carbonyl (C=O) groups excluding carboxylic acids is 2. The number of Topliss-reactive ketones (excluding diaryl/α,β-unsaturated/α-hetero) is 1. The summed E-state index contributed by atoms with van der Waals surface area (Å²) in [4.78, 5) is 51.6. The topological polar surface area (TPSA) is 182 Å². The molecule has 0 aromatic heterocycles. The Hall–Kier alpha value is -4.21. The Morgan fingerprint density at radius 1 is 1.03 bits per heavy atom. The molecule has 6 N–H and O–H groups in total. The maximum atomic E-state index is 13.0. The number of hydrogen-bond donors (Lipinski definition) is 4. The predicted molar refractivity (Wildman–Crippen MR) is 131 cm³/mol. The van der Waals surface area contributed by atoms with Crippen LogP contribution in [0.2, 0.25) is 0 Å². The van der Waals surface area contributed by atoms with Gasteiger partial charge in [-0.25, -0.2) is 9.79 Å². The number of esters is 1. The fourth-order valence-electron chi connectivity index (χ4n) is 4.31. The number of carboxylic acids is 2. The molecule has 10 heteroatoms. The Kier molecular flexibility index (Phi) is 8.77. The minimum atomic E-state index is -1.31. The first kappa shape index (κ1) is 26.4. The highest BCUT2D eigenvalue weighted by atomic mass is 16.5. The van der Waals surface area contributed by atoms with Crippen LogP contribution < -0.4 is 16.2 Å². The average molecular weight is 496 g/mol. The van der Waals surface area contributed by atoms with Crippen molar-refractivity contribution in [3.05, 3.63) is 58.7 Å². The van der Waals surface area contributed by atoms with Crippen LogP contribution in [0.1, 0.15) is 59.2 Å². The summed E-state index contributed by atoms with van der Waals surface area (Å²) in [5.41, 5.74) is 14.4. The molecule has 190 valence electrons. The molecule has 1 atom stereocenters. The van der Waals surface area contributed by atoms with Crippen molar-refractivity contribution in [1.29, 1.82) is 0 Å². The number of ketones is 1. The number of hydrogen-bond acceptors (Lipinski definition) is 6. The summed E-state index contributed by atoms with van der Waals surface area (Å²) in [6, 6.07) is 10.4. The molecule has 3 rings (SSSR count). The first-order valence-electron chi connectivity index (χ1n) is 11.7. The van der Waals surface area contributed by atoms with Crippen LogP contribution in [0.5, 0.6) is 5.75 Å². The molecule has 0 saturated carbocycles. The van der Waals surface area contributed by atoms with Crippen molar-refractivity contribution < 1.29 is 34.1 Å². The highest BCUT2D eigenvalue weighted by Crippen LogP contribution is 2.30. The van der Waals surface area contributed by atoms with Gasteiger partial charge in [-0.1, -0.05) is 12.1 Å². The maximum Gasteiger partial charge on any atom is 0.343 e. The lowest BCUT2D eigenvalue weighted by atomic mass is 9.92. The van der Waals surface area contributed by atoms with Gasteiger partial charge in [0.25, 0.3) is 0 Å². The minimum Gasteiger partial charge on any atom is -0.481 e. The third-order valence-corrected chi connectivity index (χ3v) is 6.04. The number of benzene rings is 2. The van der Waals surface area contributed by atoms with Crippen molar-refractivity contribution in [3.63, 3.8) is 0 Å². The van der Waals surface area contributed by atoms with Gasteiger partial charge in [0.2, 0.25) is 0 Å². The summed E-state index contributed by atoms with van der Waals surface area (Å²) < 4.78 is 5.76. The summed E-state index contributed by atoms with van der Waals surface area (Å²) in [6.07, 6.45) is 2.31. The predicted octanol–water partition coefficient (Wildman–Crippen LogP) is 2.76. The molecule has 2 aromatic carbocycles. The van der Waals surface area contributed by atoms with E-state index in [0.29, 0.717) is 36.3 Å². The lowest BCUT2D eigenvalue weighted by molar-refractivity contribution is -0.149. The van der Waals surface area contributed by atoms with Crippen molar-refractivity contribution in [1.82, 2.24) is 0 Å². The van der Waals surface area contributed by atoms with Gasteiger partial charge in [-0.05, 0) is 73.1 Å². The van der Waals surface area contributed by atoms with Crippen LogP contribution >= 0.6 is 0 Å². The van der Waals surface area contributed by atoms with E-state index in [4.69, 9.17) is 21.3 Å². The Bertz CT molecular complexity index is 1200. The van der Waals surface area contributed by atoms with E-state index < -0.39 is 30.2 Å². The van der Waals surface area contributed by atoms with E-state index in [1.54, 1.807) is 30.3 Å². The SMILES string of the molecule is NC(N)=Nc1ccc2c(c1)CCCCc1c(CCC(=O)C[C@@H](CC(=O)O)C(=O)O)cccc1OC2=O. The van der Waals surface area contributed by atoms with Crippen LogP contribution in [0.3, 0.4) is 0 Å². The van der Waals surface area contributed by atoms with Gasteiger partial charge in [0.1, 0.15) is 11.5 Å². The molecule has 1 aliphatic heterocycles. The van der Waals surface area contributed by atoms with Crippen molar-refractivity contribution in [2.75, 3.05) is 0 Å². The van der Waals surface area contributed by atoms with Crippen LogP contribution in [0.4, 0.5) is 5.69 Å². The maximum absolute atomic E-state index is 13.0. The molecule has 0 radical (unpaired) electrons. The van der Waals surface area contributed by atoms with Crippen LogP contribution in [0.25, 0.3) is 0 Å². The summed E-state index contributed by atoms with van der Waals surface area (Å²) in [5.74, 6) is -4.31. The second-order valence-corrected chi connectivity index (χ2v) is 8.74. The molecule has 36 heavy (non-hydrogen) atoms. The van der Waals surface area contributed by atoms with Crippen LogP contribution in [-0.4, -0.2) is 39.9 Å². The molecular weight excluding hydrogens is 466 g/mol. The van der Waals surface area contributed by atoms with Gasteiger partial charge < -0.3 is 26.4 Å². The second-order valence-electron chi connectivity index (χ2n) is 8.74. The number of fused-ring (bicyclic) bond motifs is 2. The Labute approximate surface area is 208 Å². The van der Waals surface area contributed by atoms with Gasteiger partial charge in [0.05, 0.1) is 23.6 Å². The molecule has 0 unspecified atom stereocenters. The number of aliphatic carboxylic acids is 2. The lowest BCUT2D eigenvalue weighted by Gasteiger charge is -2.18. The number of nitrogens with two attached hydrogens (primary N) is 2. The van der Waals surface area contributed by atoms with Crippen LogP contribution in [0.15, 0.2) is 41.4 Å². The molecule has 10 nitrogen and oxygen atoms in total. The third-order valence-electron chi connectivity index (χ3n) is 6.04. The van der Waals surface area contributed by atoms with E-state index in [2.05, 4.69) is 4.99 Å². The van der Waals surface area contributed by atoms with Crippen LogP contribution in [0, 0.1) is 5.92 Å². The Morgan fingerprint density at radius 2 is 1.78 bits per heavy atom. The average Bonchev–Trinajstić information content (AvgIpc) is 2.80. The number of ether oxygens (including phenoxy) is 1. The van der Waals surface area contributed by atoms with Gasteiger partial charge in [-0.15, -0.1) is 0 Å². The fraction of sp³-hybridized carbons (Fsp3) is 0.346. The molecular formula is C26H29N3O7. The summed E-state index contributed by atoms with van der Waals surface area (Å²) >= 11 is 0. The van der Waals surface area contributed by atoms with Crippen molar-refractivity contribution in [2.24, 2.45) is 22.4 Å². The zero-order chi connectivity index (χ0) is 26.2. The van der Waals surface area contributed by atoms with E-state index in [1.165, 1.54) is 0 Å². The van der Waals surface area contributed by atoms with Crippen molar-refractivity contribution >= 4 is 35.3 Å². The number of nitrogens with zero attached hydrogens (tertiary/aromatic N) is 1. The lowest BCUT2D eigenvalue weighted by Crippen LogP contribution is -2.22. The highest BCUT2D eigenvalue weighted by molar-refractivity contribution is 5.93. The van der Waals surface area contributed by atoms with E-state index in [-0.39, 0.29) is 24.6 Å². The van der Waals surface area contributed by atoms with Crippen molar-refractivity contribution in [2.45, 2.75) is 51.4 Å². The van der Waals surface area contributed by atoms with Crippen LogP contribution in [-0.2, 0) is 33.6 Å². The smallest absolute Gasteiger partial charge is 0.343 e. The normalized spacial score (nSPS) is 13.9. The molecule has 0 saturated heterocycles. The molecule has 0 aliphatic carbocycles. The first-order valence-corrected chi connectivity index (χ1v) is 11.7. The van der Waals surface area contributed by atoms with E-state index in [0.717, 1.165) is 29.5 Å². The zero-order valence-electron chi connectivity index (χ0n) is 19.7. The molecule has 0 spiro atoms. The highest BCUT2D eigenvalue weighted by Gasteiger charge is 2.25. The van der Waals surface area contributed by atoms with Gasteiger partial charge >= 0.3 is 17.9 Å². The fourth-order valence-corrected chi connectivity index (χ4v) is 4.31. The number of rotatable bonds is 9. The summed E-state index contributed by atoms with van der Waals surface area (Å²) in [7, 11) is 0. The number of aliphatic imine (C=N–C) groups is 1. The minimum absolute atomic E-state index is 0.0597. The van der Waals surface area contributed by atoms with E-state index in [9.17, 15) is 24.3 Å². The second kappa shape index (κ2) is 12.0. The first-order chi connectivity index (χ1) is 17.1. The molecule has 2 aromatic rings. The molecule has 1 aliphatic rings. The van der Waals surface area contributed by atoms with Gasteiger partial charge in [-0.3, -0.25) is 14.4 Å². The van der Waals surface area contributed by atoms with Gasteiger partial charge in [0.15, 0.2) is 5.96 Å². The number of carboxylic acid groups (broad SMARTS) is 2. The number of guanidine groups is 1. The molecule has 0 amide bonds. The number of aryl methyl sites for hydroxylation is 2. The van der Waals surface area contributed by atoms with E-state index >= 15 is 0 Å². The summed E-state index contributed by atoms with van der Waals surface area (Å²) in [6.45, 7) is 0. The zero-order valence-corrected chi connectivity index (χ0v) is 19.7. The molecule has 0 bridgehead atoms. The Morgan fingerprint density at radius 3 is 2.47 bits per heavy atom. The van der Waals surface area contributed by atoms with Gasteiger partial charge in [-0.2, -0.15) is 0 Å². The summed E-state index contributed by atoms with van der Waals surface area (Å²) in [5, 5.41) is 18.1. The molecule has 1 heterocycles. The monoisotopic (exact) mass is 495 g/mol. The van der Waals surface area contributed by atoms with E-state index in [1.807, 2.05) is 6.07 Å². The Balaban J connectivity index is 1.77. The van der Waals surface area contributed by atoms with Crippen molar-refractivity contribution in [3.8, 4) is 5.75 Å². The largest absolute Gasteiger partial charge is 0.481 e. The van der Waals surface area contributed by atoms with Gasteiger partial charge in [0, 0.05) is 12.8 Å².